The molecule has 0 aromatic heterocycles. The molecule has 0 radical (unpaired) electrons. The number of anilines is 1. The molecule has 0 unspecified atom stereocenters. The average molecular weight is 523 g/mol. The fraction of sp³-hybridized carbons (Fsp3) is 0.0800. The van der Waals surface area contributed by atoms with Crippen LogP contribution in [0.3, 0.4) is 0 Å². The van der Waals surface area contributed by atoms with Crippen molar-refractivity contribution in [2.45, 2.75) is 6.61 Å². The maximum absolute atomic E-state index is 12.6. The molecule has 0 aliphatic rings. The molecule has 3 aromatic rings. The smallest absolute Gasteiger partial charge is 0.266 e. The van der Waals surface area contributed by atoms with Gasteiger partial charge in [-0.3, -0.25) is 4.79 Å². The van der Waals surface area contributed by atoms with Gasteiger partial charge in [-0.1, -0.05) is 51.8 Å². The van der Waals surface area contributed by atoms with Crippen LogP contribution in [0.25, 0.3) is 6.08 Å². The molecule has 0 aliphatic heterocycles. The first-order valence-corrected chi connectivity index (χ1v) is 10.8. The lowest BCUT2D eigenvalue weighted by Crippen LogP contribution is -2.13. The van der Waals surface area contributed by atoms with Crippen molar-refractivity contribution in [3.63, 3.8) is 0 Å². The van der Waals surface area contributed by atoms with E-state index in [1.807, 2.05) is 18.2 Å². The summed E-state index contributed by atoms with van der Waals surface area (Å²) in [5.41, 5.74) is 2.14. The highest BCUT2D eigenvalue weighted by Crippen LogP contribution is 2.37. The minimum absolute atomic E-state index is 0.107. The molecule has 0 heterocycles. The van der Waals surface area contributed by atoms with Crippen molar-refractivity contribution in [3.05, 3.63) is 92.4 Å². The molecular weight excluding hydrogens is 506 g/mol. The van der Waals surface area contributed by atoms with Crippen molar-refractivity contribution in [1.29, 1.82) is 10.5 Å². The van der Waals surface area contributed by atoms with Crippen LogP contribution in [-0.2, 0) is 11.4 Å². The van der Waals surface area contributed by atoms with E-state index in [1.165, 1.54) is 13.2 Å². The van der Waals surface area contributed by atoms with Crippen molar-refractivity contribution in [1.82, 2.24) is 0 Å². The van der Waals surface area contributed by atoms with E-state index in [-0.39, 0.29) is 17.2 Å². The van der Waals surface area contributed by atoms with Gasteiger partial charge in [0, 0.05) is 15.7 Å². The highest BCUT2D eigenvalue weighted by atomic mass is 79.9. The van der Waals surface area contributed by atoms with Gasteiger partial charge in [0.1, 0.15) is 18.2 Å². The number of nitrogens with one attached hydrogen (secondary N) is 1. The number of carbonyl (C=O) groups excluding carboxylic acids is 1. The van der Waals surface area contributed by atoms with Crippen molar-refractivity contribution >= 4 is 45.2 Å². The number of hydrogen-bond acceptors (Lipinski definition) is 5. The van der Waals surface area contributed by atoms with E-state index in [0.717, 1.165) is 4.47 Å². The van der Waals surface area contributed by atoms with Crippen molar-refractivity contribution in [2.24, 2.45) is 0 Å². The van der Waals surface area contributed by atoms with E-state index < -0.39 is 5.91 Å². The summed E-state index contributed by atoms with van der Waals surface area (Å²) in [6, 6.07) is 21.3. The van der Waals surface area contributed by atoms with Crippen LogP contribution in [0.5, 0.6) is 11.5 Å². The number of nitrogens with zero attached hydrogens (tertiary/aromatic N) is 2. The second-order valence-corrected chi connectivity index (χ2v) is 8.05. The van der Waals surface area contributed by atoms with Crippen LogP contribution in [0.15, 0.2) is 70.7 Å². The monoisotopic (exact) mass is 521 g/mol. The molecule has 0 saturated heterocycles. The Morgan fingerprint density at radius 1 is 1.15 bits per heavy atom. The minimum atomic E-state index is -0.556. The quantitative estimate of drug-likeness (QED) is 0.298. The standard InChI is InChI=1S/C25H17BrClN3O3/c1-32-23-11-16(9-19(14-29)25(31)30-21-8-4-7-20(26)12-21)10-22(27)24(23)33-15-18-6-3-2-5-17(18)13-28/h2-12H,15H2,1H3,(H,30,31)/b19-9-. The van der Waals surface area contributed by atoms with Gasteiger partial charge < -0.3 is 14.8 Å². The first-order chi connectivity index (χ1) is 15.9. The molecular formula is C25H17BrClN3O3. The van der Waals surface area contributed by atoms with Crippen LogP contribution in [0, 0.1) is 22.7 Å². The van der Waals surface area contributed by atoms with Crippen LogP contribution < -0.4 is 14.8 Å². The summed E-state index contributed by atoms with van der Waals surface area (Å²) >= 11 is 9.76. The summed E-state index contributed by atoms with van der Waals surface area (Å²) in [4.78, 5) is 12.6. The number of rotatable bonds is 7. The Bertz CT molecular complexity index is 1310. The summed E-state index contributed by atoms with van der Waals surface area (Å²) in [6.07, 6.45) is 1.41. The first-order valence-electron chi connectivity index (χ1n) is 9.62. The topological polar surface area (TPSA) is 95.1 Å². The fourth-order valence-corrected chi connectivity index (χ4v) is 3.62. The van der Waals surface area contributed by atoms with E-state index >= 15 is 0 Å². The Morgan fingerprint density at radius 3 is 2.64 bits per heavy atom. The van der Waals surface area contributed by atoms with Gasteiger partial charge in [-0.15, -0.1) is 0 Å². The summed E-state index contributed by atoms with van der Waals surface area (Å²) < 4.78 is 12.0. The van der Waals surface area contributed by atoms with Crippen LogP contribution in [0.1, 0.15) is 16.7 Å². The number of carbonyl (C=O) groups is 1. The van der Waals surface area contributed by atoms with Gasteiger partial charge in [0.05, 0.1) is 23.8 Å². The molecule has 6 nitrogen and oxygen atoms in total. The summed E-state index contributed by atoms with van der Waals surface area (Å²) in [5.74, 6) is 0.0631. The summed E-state index contributed by atoms with van der Waals surface area (Å²) in [7, 11) is 1.46. The maximum Gasteiger partial charge on any atom is 0.266 e. The van der Waals surface area contributed by atoms with E-state index in [2.05, 4.69) is 27.3 Å². The highest BCUT2D eigenvalue weighted by Gasteiger charge is 2.15. The fourth-order valence-electron chi connectivity index (χ4n) is 2.95. The van der Waals surface area contributed by atoms with Gasteiger partial charge in [-0.05, 0) is 48.0 Å². The van der Waals surface area contributed by atoms with Gasteiger partial charge in [0.15, 0.2) is 11.5 Å². The van der Waals surface area contributed by atoms with Gasteiger partial charge in [0.25, 0.3) is 5.91 Å². The van der Waals surface area contributed by atoms with Crippen molar-refractivity contribution < 1.29 is 14.3 Å². The minimum Gasteiger partial charge on any atom is -0.493 e. The molecule has 8 heteroatoms. The Labute approximate surface area is 204 Å². The van der Waals surface area contributed by atoms with E-state index in [4.69, 9.17) is 21.1 Å². The zero-order valence-electron chi connectivity index (χ0n) is 17.4. The van der Waals surface area contributed by atoms with Crippen LogP contribution in [0.2, 0.25) is 5.02 Å². The number of hydrogen-bond donors (Lipinski definition) is 1. The largest absolute Gasteiger partial charge is 0.493 e. The number of benzene rings is 3. The van der Waals surface area contributed by atoms with Crippen LogP contribution in [0.4, 0.5) is 5.69 Å². The number of nitriles is 2. The van der Waals surface area contributed by atoms with E-state index in [9.17, 15) is 15.3 Å². The molecule has 3 rings (SSSR count). The van der Waals surface area contributed by atoms with Crippen molar-refractivity contribution in [2.75, 3.05) is 12.4 Å². The zero-order valence-corrected chi connectivity index (χ0v) is 19.8. The molecule has 1 N–H and O–H groups in total. The van der Waals surface area contributed by atoms with Gasteiger partial charge in [-0.25, -0.2) is 0 Å². The normalized spacial score (nSPS) is 10.6. The van der Waals surface area contributed by atoms with Crippen molar-refractivity contribution in [3.8, 4) is 23.6 Å². The molecule has 0 fully saturated rings. The third-order valence-corrected chi connectivity index (χ3v) is 5.29. The third-order valence-electron chi connectivity index (χ3n) is 4.52. The molecule has 0 spiro atoms. The number of halogens is 2. The number of methoxy groups -OCH3 is 1. The second-order valence-electron chi connectivity index (χ2n) is 6.73. The summed E-state index contributed by atoms with van der Waals surface area (Å²) in [5, 5.41) is 21.7. The number of ether oxygens (including phenoxy) is 2. The van der Waals surface area contributed by atoms with Gasteiger partial charge >= 0.3 is 0 Å². The predicted molar refractivity (Wildman–Crippen MR) is 130 cm³/mol. The van der Waals surface area contributed by atoms with Gasteiger partial charge in [0.2, 0.25) is 0 Å². The highest BCUT2D eigenvalue weighted by molar-refractivity contribution is 9.10. The molecule has 3 aromatic carbocycles. The SMILES string of the molecule is COc1cc(/C=C(/C#N)C(=O)Nc2cccc(Br)c2)cc(Cl)c1OCc1ccccc1C#N. The third kappa shape index (κ3) is 6.14. The first kappa shape index (κ1) is 23.9. The van der Waals surface area contributed by atoms with Crippen LogP contribution >= 0.6 is 27.5 Å². The van der Waals surface area contributed by atoms with E-state index in [1.54, 1.807) is 48.5 Å². The lowest BCUT2D eigenvalue weighted by Gasteiger charge is -2.14. The summed E-state index contributed by atoms with van der Waals surface area (Å²) in [6.45, 7) is 0.119. The predicted octanol–water partition coefficient (Wildman–Crippen LogP) is 6.11. The Kier molecular flexibility index (Phi) is 8.10. The molecule has 33 heavy (non-hydrogen) atoms. The van der Waals surface area contributed by atoms with Crippen LogP contribution in [-0.4, -0.2) is 13.0 Å². The maximum atomic E-state index is 12.6. The zero-order chi connectivity index (χ0) is 23.8. The molecule has 1 amide bonds. The second kappa shape index (κ2) is 11.2. The van der Waals surface area contributed by atoms with E-state index in [0.29, 0.717) is 33.9 Å². The Morgan fingerprint density at radius 2 is 1.94 bits per heavy atom. The number of amides is 1. The lowest BCUT2D eigenvalue weighted by atomic mass is 10.1. The van der Waals surface area contributed by atoms with Gasteiger partial charge in [-0.2, -0.15) is 10.5 Å². The lowest BCUT2D eigenvalue weighted by molar-refractivity contribution is -0.112. The average Bonchev–Trinajstić information content (AvgIpc) is 2.81. The Hall–Kier alpha value is -3.78. The molecule has 0 aliphatic carbocycles. The Balaban J connectivity index is 1.84. The molecule has 0 bridgehead atoms. The molecule has 0 atom stereocenters. The molecule has 164 valence electrons. The molecule has 0 saturated carbocycles.